The van der Waals surface area contributed by atoms with Crippen LogP contribution in [-0.2, 0) is 14.3 Å². The minimum absolute atomic E-state index is 0.0803. The van der Waals surface area contributed by atoms with Crippen molar-refractivity contribution in [1.29, 1.82) is 0 Å². The maximum absolute atomic E-state index is 11.9. The molecule has 1 aliphatic carbocycles. The lowest BCUT2D eigenvalue weighted by Crippen LogP contribution is -2.54. The third-order valence-electron chi connectivity index (χ3n) is 4.00. The van der Waals surface area contributed by atoms with Gasteiger partial charge in [0.05, 0.1) is 18.1 Å². The van der Waals surface area contributed by atoms with E-state index in [-0.39, 0.29) is 18.6 Å². The van der Waals surface area contributed by atoms with E-state index in [9.17, 15) is 30.0 Å². The number of ether oxygens (including phenoxy) is 1. The Morgan fingerprint density at radius 3 is 2.44 bits per heavy atom. The third kappa shape index (κ3) is 5.28. The maximum Gasteiger partial charge on any atom is 0.331 e. The number of aliphatic hydroxyl groups excluding tert-OH is 2. The van der Waals surface area contributed by atoms with Gasteiger partial charge >= 0.3 is 11.9 Å². The molecule has 0 bridgehead atoms. The van der Waals surface area contributed by atoms with Gasteiger partial charge in [0, 0.05) is 18.9 Å². The second-order valence-electron chi connectivity index (χ2n) is 6.16. The number of rotatable bonds is 5. The number of hydrogen-bond donors (Lipinski definition) is 5. The molecule has 8 heteroatoms. The molecule has 8 nitrogen and oxygen atoms in total. The van der Waals surface area contributed by atoms with Crippen molar-refractivity contribution in [3.05, 3.63) is 35.9 Å². The van der Waals surface area contributed by atoms with Crippen molar-refractivity contribution in [1.82, 2.24) is 0 Å². The van der Waals surface area contributed by atoms with Crippen LogP contribution in [0.2, 0.25) is 0 Å². The number of carbonyl (C=O) groups is 2. The number of esters is 1. The predicted octanol–water partition coefficient (Wildman–Crippen LogP) is 0.0386. The number of hydrogen-bond acceptors (Lipinski definition) is 7. The van der Waals surface area contributed by atoms with Gasteiger partial charge in [0.25, 0.3) is 0 Å². The first-order chi connectivity index (χ1) is 11.7. The number of aliphatic carboxylic acids is 1. The highest BCUT2D eigenvalue weighted by molar-refractivity contribution is 5.87. The first-order valence-electron chi connectivity index (χ1n) is 7.66. The van der Waals surface area contributed by atoms with Crippen LogP contribution >= 0.6 is 0 Å². The number of aliphatic hydroxyl groups is 3. The Labute approximate surface area is 143 Å². The van der Waals surface area contributed by atoms with Crippen LogP contribution in [0.25, 0.3) is 6.08 Å². The molecule has 0 spiro atoms. The number of carboxylic acids is 1. The molecule has 4 atom stereocenters. The number of phenols is 1. The van der Waals surface area contributed by atoms with E-state index in [2.05, 4.69) is 0 Å². The second-order valence-corrected chi connectivity index (χ2v) is 6.16. The predicted molar refractivity (Wildman–Crippen MR) is 85.5 cm³/mol. The fraction of sp³-hybridized carbons (Fsp3) is 0.412. The molecule has 5 N–H and O–H groups in total. The van der Waals surface area contributed by atoms with Crippen molar-refractivity contribution in [3.8, 4) is 5.75 Å². The third-order valence-corrected chi connectivity index (χ3v) is 4.00. The van der Waals surface area contributed by atoms with Crippen molar-refractivity contribution in [2.75, 3.05) is 0 Å². The summed E-state index contributed by atoms with van der Waals surface area (Å²) in [5, 5.41) is 48.0. The molecule has 0 aliphatic heterocycles. The minimum atomic E-state index is -1.77. The van der Waals surface area contributed by atoms with Gasteiger partial charge in [-0.2, -0.15) is 0 Å². The number of carbonyl (C=O) groups excluding carboxylic acids is 1. The number of phenolic OH excluding ortho intramolecular Hbond substituents is 1. The average molecular weight is 352 g/mol. The minimum Gasteiger partial charge on any atom is -0.508 e. The highest BCUT2D eigenvalue weighted by atomic mass is 16.6. The van der Waals surface area contributed by atoms with Crippen molar-refractivity contribution in [3.63, 3.8) is 0 Å². The summed E-state index contributed by atoms with van der Waals surface area (Å²) in [6.45, 7) is 0. The Balaban J connectivity index is 2.02. The topological polar surface area (TPSA) is 145 Å². The molecular formula is C17H20O8. The molecule has 136 valence electrons. The molecule has 0 amide bonds. The van der Waals surface area contributed by atoms with Crippen molar-refractivity contribution in [2.45, 2.75) is 43.2 Å². The molecule has 1 aliphatic rings. The van der Waals surface area contributed by atoms with Crippen LogP contribution in [0.4, 0.5) is 0 Å². The van der Waals surface area contributed by atoms with Crippen molar-refractivity contribution >= 4 is 18.0 Å². The molecule has 0 aromatic heterocycles. The van der Waals surface area contributed by atoms with Gasteiger partial charge in [0.1, 0.15) is 18.0 Å². The molecule has 1 aromatic rings. The lowest BCUT2D eigenvalue weighted by Gasteiger charge is -2.40. The molecule has 0 radical (unpaired) electrons. The van der Waals surface area contributed by atoms with E-state index in [1.807, 2.05) is 0 Å². The van der Waals surface area contributed by atoms with E-state index in [0.29, 0.717) is 5.56 Å². The zero-order valence-corrected chi connectivity index (χ0v) is 13.3. The molecular weight excluding hydrogens is 332 g/mol. The van der Waals surface area contributed by atoms with Gasteiger partial charge in [0.2, 0.25) is 0 Å². The smallest absolute Gasteiger partial charge is 0.331 e. The van der Waals surface area contributed by atoms with Gasteiger partial charge in [-0.15, -0.1) is 0 Å². The van der Waals surface area contributed by atoms with Gasteiger partial charge in [-0.25, -0.2) is 4.79 Å². The van der Waals surface area contributed by atoms with E-state index in [1.165, 1.54) is 18.2 Å². The monoisotopic (exact) mass is 352 g/mol. The van der Waals surface area contributed by atoms with Gasteiger partial charge in [-0.1, -0.05) is 12.1 Å². The highest BCUT2D eigenvalue weighted by Gasteiger charge is 2.46. The summed E-state index contributed by atoms with van der Waals surface area (Å²) in [7, 11) is 0. The lowest BCUT2D eigenvalue weighted by molar-refractivity contribution is -0.185. The molecule has 0 saturated heterocycles. The summed E-state index contributed by atoms with van der Waals surface area (Å²) in [5.41, 5.74) is -1.14. The molecule has 0 heterocycles. The molecule has 4 unspecified atom stereocenters. The first kappa shape index (κ1) is 18.9. The normalized spacial score (nSPS) is 29.5. The number of benzene rings is 1. The SMILES string of the molecule is O=C(O)CC1(O)CC(O)C(O)C(OC(=O)C=Cc2ccc(O)cc2)C1. The number of carboxylic acid groups (broad SMARTS) is 1. The largest absolute Gasteiger partial charge is 0.508 e. The van der Waals surface area contributed by atoms with Crippen LogP contribution in [-0.4, -0.2) is 61.4 Å². The van der Waals surface area contributed by atoms with Crippen LogP contribution < -0.4 is 0 Å². The first-order valence-corrected chi connectivity index (χ1v) is 7.66. The zero-order chi connectivity index (χ0) is 18.6. The summed E-state index contributed by atoms with van der Waals surface area (Å²) in [6.07, 6.45) is -2.78. The van der Waals surface area contributed by atoms with Crippen LogP contribution in [0.1, 0.15) is 24.8 Å². The van der Waals surface area contributed by atoms with Crippen molar-refractivity contribution < 1.29 is 39.9 Å². The van der Waals surface area contributed by atoms with Gasteiger partial charge in [-0.05, 0) is 23.8 Å². The van der Waals surface area contributed by atoms with Crippen LogP contribution in [0.3, 0.4) is 0 Å². The molecule has 1 fully saturated rings. The van der Waals surface area contributed by atoms with E-state index in [0.717, 1.165) is 6.08 Å². The van der Waals surface area contributed by atoms with Gasteiger partial charge < -0.3 is 30.3 Å². The average Bonchev–Trinajstić information content (AvgIpc) is 2.50. The highest BCUT2D eigenvalue weighted by Crippen LogP contribution is 2.33. The Hall–Kier alpha value is -2.42. The van der Waals surface area contributed by atoms with Crippen molar-refractivity contribution in [2.24, 2.45) is 0 Å². The summed E-state index contributed by atoms with van der Waals surface area (Å²) in [5.74, 6) is -2.00. The molecule has 2 rings (SSSR count). The van der Waals surface area contributed by atoms with Gasteiger partial charge in [0.15, 0.2) is 0 Å². The van der Waals surface area contributed by atoms with Crippen LogP contribution in [0.5, 0.6) is 5.75 Å². The number of aromatic hydroxyl groups is 1. The molecule has 1 aromatic carbocycles. The summed E-state index contributed by atoms with van der Waals surface area (Å²) < 4.78 is 5.06. The van der Waals surface area contributed by atoms with Crippen LogP contribution in [0.15, 0.2) is 30.3 Å². The van der Waals surface area contributed by atoms with E-state index >= 15 is 0 Å². The Morgan fingerprint density at radius 1 is 1.20 bits per heavy atom. The Morgan fingerprint density at radius 2 is 1.84 bits per heavy atom. The Bertz CT molecular complexity index is 653. The Kier molecular flexibility index (Phi) is 5.78. The van der Waals surface area contributed by atoms with Crippen LogP contribution in [0, 0.1) is 0 Å². The zero-order valence-electron chi connectivity index (χ0n) is 13.3. The lowest BCUT2D eigenvalue weighted by atomic mass is 9.77. The summed E-state index contributed by atoms with van der Waals surface area (Å²) >= 11 is 0. The summed E-state index contributed by atoms with van der Waals surface area (Å²) in [6, 6.07) is 6.03. The molecule has 25 heavy (non-hydrogen) atoms. The second kappa shape index (κ2) is 7.64. The fourth-order valence-electron chi connectivity index (χ4n) is 2.81. The van der Waals surface area contributed by atoms with Gasteiger partial charge in [-0.3, -0.25) is 4.79 Å². The van der Waals surface area contributed by atoms with E-state index in [1.54, 1.807) is 12.1 Å². The maximum atomic E-state index is 11.9. The van der Waals surface area contributed by atoms with E-state index < -0.39 is 42.3 Å². The van der Waals surface area contributed by atoms with E-state index in [4.69, 9.17) is 9.84 Å². The standard InChI is InChI=1S/C17H20O8/c18-11-4-1-10(2-5-11)3-6-15(22)25-13-8-17(24,9-14(20)21)7-12(19)16(13)23/h1-6,12-13,16,18-19,23-24H,7-9H2,(H,20,21). The quantitative estimate of drug-likeness (QED) is 0.369. The molecule has 1 saturated carbocycles. The fourth-order valence-corrected chi connectivity index (χ4v) is 2.81. The summed E-state index contributed by atoms with van der Waals surface area (Å²) in [4.78, 5) is 22.7.